The lowest BCUT2D eigenvalue weighted by Crippen LogP contribution is -2.20. The molecule has 3 N–H and O–H groups in total. The lowest BCUT2D eigenvalue weighted by molar-refractivity contribution is 0.0264. The Morgan fingerprint density at radius 1 is 1.56 bits per heavy atom. The van der Waals surface area contributed by atoms with E-state index in [-0.39, 0.29) is 11.9 Å². The molecule has 0 radical (unpaired) electrons. The monoisotopic (exact) mass is 268 g/mol. The summed E-state index contributed by atoms with van der Waals surface area (Å²) in [6.07, 6.45) is 2.46. The van der Waals surface area contributed by atoms with Gasteiger partial charge in [-0.15, -0.1) is 0 Å². The van der Waals surface area contributed by atoms with Gasteiger partial charge in [0.2, 0.25) is 0 Å². The van der Waals surface area contributed by atoms with E-state index in [4.69, 9.17) is 32.2 Å². The van der Waals surface area contributed by atoms with Gasteiger partial charge in [0, 0.05) is 0 Å². The Bertz CT molecular complexity index is 451. The quantitative estimate of drug-likeness (QED) is 0.651. The fraction of sp³-hybridized carbons (Fsp3) is 0.462. The highest BCUT2D eigenvalue weighted by Crippen LogP contribution is 2.27. The number of nitrogens with two attached hydrogens (primary N) is 1. The predicted molar refractivity (Wildman–Crippen MR) is 71.5 cm³/mol. The molecule has 98 valence electrons. The summed E-state index contributed by atoms with van der Waals surface area (Å²) in [7, 11) is 0. The molecular formula is C13H17ClN2O2. The molecule has 1 aliphatic heterocycles. The summed E-state index contributed by atoms with van der Waals surface area (Å²) >= 11 is 6.01. The fourth-order valence-electron chi connectivity index (χ4n) is 2.08. The first-order valence-electron chi connectivity index (χ1n) is 5.99. The molecule has 2 unspecified atom stereocenters. The Morgan fingerprint density at radius 2 is 2.33 bits per heavy atom. The van der Waals surface area contributed by atoms with Gasteiger partial charge in [-0.3, -0.25) is 5.41 Å². The highest BCUT2D eigenvalue weighted by atomic mass is 35.5. The molecule has 1 saturated heterocycles. The number of rotatable bonds is 4. The molecule has 1 aromatic rings. The van der Waals surface area contributed by atoms with Gasteiger partial charge >= 0.3 is 0 Å². The molecule has 4 nitrogen and oxygen atoms in total. The average molecular weight is 269 g/mol. The first kappa shape index (κ1) is 13.2. The van der Waals surface area contributed by atoms with Crippen LogP contribution in [0.2, 0.25) is 5.02 Å². The van der Waals surface area contributed by atoms with Crippen LogP contribution in [0.25, 0.3) is 0 Å². The van der Waals surface area contributed by atoms with Crippen LogP contribution in [0.4, 0.5) is 0 Å². The second-order valence-electron chi connectivity index (χ2n) is 4.48. The summed E-state index contributed by atoms with van der Waals surface area (Å²) in [6, 6.07) is 5.24. The summed E-state index contributed by atoms with van der Waals surface area (Å²) in [4.78, 5) is 0. The zero-order valence-corrected chi connectivity index (χ0v) is 11.0. The van der Waals surface area contributed by atoms with Crippen LogP contribution in [-0.4, -0.2) is 24.7 Å². The fourth-order valence-corrected chi connectivity index (χ4v) is 2.34. The number of hydrogen-bond acceptors (Lipinski definition) is 3. The maximum absolute atomic E-state index is 7.52. The Hall–Kier alpha value is -1.26. The molecule has 0 saturated carbocycles. The van der Waals surface area contributed by atoms with E-state index in [1.54, 1.807) is 18.2 Å². The van der Waals surface area contributed by atoms with E-state index >= 15 is 0 Å². The molecule has 0 aromatic heterocycles. The maximum atomic E-state index is 7.52. The van der Waals surface area contributed by atoms with Crippen molar-refractivity contribution in [2.45, 2.75) is 32.0 Å². The summed E-state index contributed by atoms with van der Waals surface area (Å²) in [5, 5.41) is 7.95. The molecule has 0 bridgehead atoms. The van der Waals surface area contributed by atoms with Gasteiger partial charge in [-0.2, -0.15) is 0 Å². The van der Waals surface area contributed by atoms with Crippen molar-refractivity contribution in [3.05, 3.63) is 28.8 Å². The summed E-state index contributed by atoms with van der Waals surface area (Å²) in [6.45, 7) is 2.52. The highest BCUT2D eigenvalue weighted by Gasteiger charge is 2.23. The van der Waals surface area contributed by atoms with Crippen molar-refractivity contribution in [2.24, 2.45) is 5.73 Å². The lowest BCUT2D eigenvalue weighted by Gasteiger charge is -2.15. The molecule has 2 atom stereocenters. The number of nitrogens with one attached hydrogen (secondary N) is 1. The standard InChI is InChI=1S/C13H17ClN2O2/c1-8-5-6-9(18-8)7-17-11-4-2-3-10(14)12(11)13(15)16/h2-4,8-9H,5-7H2,1H3,(H3,15,16). The molecule has 1 aliphatic rings. The zero-order valence-electron chi connectivity index (χ0n) is 10.3. The molecule has 2 rings (SSSR count). The van der Waals surface area contributed by atoms with Gasteiger partial charge in [0.15, 0.2) is 0 Å². The Labute approximate surface area is 112 Å². The molecule has 0 amide bonds. The number of amidine groups is 1. The normalized spacial score (nSPS) is 23.0. The van der Waals surface area contributed by atoms with Gasteiger partial charge in [-0.25, -0.2) is 0 Å². The van der Waals surface area contributed by atoms with Gasteiger partial charge in [0.05, 0.1) is 22.8 Å². The first-order valence-corrected chi connectivity index (χ1v) is 6.37. The number of hydrogen-bond donors (Lipinski definition) is 2. The van der Waals surface area contributed by atoms with Crippen LogP contribution in [0.3, 0.4) is 0 Å². The second-order valence-corrected chi connectivity index (χ2v) is 4.89. The lowest BCUT2D eigenvalue weighted by atomic mass is 10.2. The molecule has 18 heavy (non-hydrogen) atoms. The first-order chi connectivity index (χ1) is 8.58. The van der Waals surface area contributed by atoms with Gasteiger partial charge in [-0.05, 0) is 31.9 Å². The average Bonchev–Trinajstić information content (AvgIpc) is 2.72. The van der Waals surface area contributed by atoms with E-state index < -0.39 is 0 Å². The third-order valence-electron chi connectivity index (χ3n) is 2.99. The predicted octanol–water partition coefficient (Wildman–Crippen LogP) is 2.57. The smallest absolute Gasteiger partial charge is 0.131 e. The molecule has 1 fully saturated rings. The number of ether oxygens (including phenoxy) is 2. The maximum Gasteiger partial charge on any atom is 0.131 e. The zero-order chi connectivity index (χ0) is 13.1. The molecule has 5 heteroatoms. The van der Waals surface area contributed by atoms with Crippen LogP contribution in [0.5, 0.6) is 5.75 Å². The SMILES string of the molecule is CC1CCC(COc2cccc(Cl)c2C(=N)N)O1. The molecular weight excluding hydrogens is 252 g/mol. The van der Waals surface area contributed by atoms with Crippen LogP contribution in [-0.2, 0) is 4.74 Å². The van der Waals surface area contributed by atoms with Crippen molar-refractivity contribution in [3.8, 4) is 5.75 Å². The largest absolute Gasteiger partial charge is 0.490 e. The Kier molecular flexibility index (Phi) is 4.09. The van der Waals surface area contributed by atoms with E-state index in [9.17, 15) is 0 Å². The van der Waals surface area contributed by atoms with E-state index in [2.05, 4.69) is 6.92 Å². The van der Waals surface area contributed by atoms with E-state index in [1.165, 1.54) is 0 Å². The van der Waals surface area contributed by atoms with Gasteiger partial charge in [0.25, 0.3) is 0 Å². The summed E-state index contributed by atoms with van der Waals surface area (Å²) in [5.41, 5.74) is 5.96. The van der Waals surface area contributed by atoms with Crippen molar-refractivity contribution in [2.75, 3.05) is 6.61 Å². The molecule has 0 spiro atoms. The second kappa shape index (κ2) is 5.59. The van der Waals surface area contributed by atoms with Crippen molar-refractivity contribution < 1.29 is 9.47 Å². The van der Waals surface area contributed by atoms with Crippen LogP contribution in [0, 0.1) is 5.41 Å². The van der Waals surface area contributed by atoms with Crippen molar-refractivity contribution in [3.63, 3.8) is 0 Å². The number of halogens is 1. The van der Waals surface area contributed by atoms with Crippen molar-refractivity contribution in [1.82, 2.24) is 0 Å². The van der Waals surface area contributed by atoms with Crippen molar-refractivity contribution in [1.29, 1.82) is 5.41 Å². The van der Waals surface area contributed by atoms with Gasteiger partial charge in [-0.1, -0.05) is 17.7 Å². The van der Waals surface area contributed by atoms with E-state index in [0.29, 0.717) is 29.0 Å². The minimum Gasteiger partial charge on any atom is -0.490 e. The molecule has 1 heterocycles. The molecule has 1 aromatic carbocycles. The van der Waals surface area contributed by atoms with Gasteiger partial charge < -0.3 is 15.2 Å². The van der Waals surface area contributed by atoms with Crippen molar-refractivity contribution >= 4 is 17.4 Å². The Balaban J connectivity index is 2.05. The Morgan fingerprint density at radius 3 is 2.94 bits per heavy atom. The number of benzene rings is 1. The van der Waals surface area contributed by atoms with Gasteiger partial charge in [0.1, 0.15) is 18.2 Å². The summed E-state index contributed by atoms with van der Waals surface area (Å²) < 4.78 is 11.4. The highest BCUT2D eigenvalue weighted by molar-refractivity contribution is 6.34. The number of nitrogen functional groups attached to an aromatic ring is 1. The minimum absolute atomic E-state index is 0.0868. The van der Waals surface area contributed by atoms with Crippen LogP contribution >= 0.6 is 11.6 Å². The molecule has 0 aliphatic carbocycles. The third kappa shape index (κ3) is 2.94. The third-order valence-corrected chi connectivity index (χ3v) is 3.30. The summed E-state index contributed by atoms with van der Waals surface area (Å²) in [5.74, 6) is 0.453. The van der Waals surface area contributed by atoms with E-state index in [1.807, 2.05) is 0 Å². The van der Waals surface area contributed by atoms with Crippen LogP contribution in [0.15, 0.2) is 18.2 Å². The van der Waals surface area contributed by atoms with Crippen LogP contribution < -0.4 is 10.5 Å². The van der Waals surface area contributed by atoms with E-state index in [0.717, 1.165) is 12.8 Å². The topological polar surface area (TPSA) is 68.3 Å². The minimum atomic E-state index is -0.0868. The van der Waals surface area contributed by atoms with Crippen LogP contribution in [0.1, 0.15) is 25.3 Å².